The van der Waals surface area contributed by atoms with Crippen molar-refractivity contribution in [1.82, 2.24) is 0 Å². The van der Waals surface area contributed by atoms with Crippen LogP contribution in [0, 0.1) is 0 Å². The minimum absolute atomic E-state index is 0.0662. The van der Waals surface area contributed by atoms with E-state index >= 15 is 0 Å². The number of nitrogens with zero attached hydrogens (tertiary/aromatic N) is 4. The third kappa shape index (κ3) is 3.09. The lowest BCUT2D eigenvalue weighted by Crippen LogP contribution is -2.61. The van der Waals surface area contributed by atoms with Gasteiger partial charge in [-0.05, 0) is 48.2 Å². The van der Waals surface area contributed by atoms with Gasteiger partial charge in [-0.3, -0.25) is 14.5 Å². The number of hydrogen-bond acceptors (Lipinski definition) is 6. The number of para-hydroxylation sites is 3. The van der Waals surface area contributed by atoms with Gasteiger partial charge in [-0.25, -0.2) is 5.01 Å². The van der Waals surface area contributed by atoms with Crippen molar-refractivity contribution in [3.8, 4) is 0 Å². The van der Waals surface area contributed by atoms with Crippen LogP contribution in [0.5, 0.6) is 0 Å². The van der Waals surface area contributed by atoms with Crippen LogP contribution in [0.15, 0.2) is 96.1 Å². The Morgan fingerprint density at radius 3 is 1.90 bits per heavy atom. The average molecular weight is 429 g/mol. The van der Waals surface area contributed by atoms with E-state index in [-0.39, 0.29) is 18.2 Å². The number of thioether (sulfide) groups is 1. The van der Waals surface area contributed by atoms with Gasteiger partial charge in [-0.2, -0.15) is 5.10 Å². The van der Waals surface area contributed by atoms with E-state index in [0.29, 0.717) is 5.04 Å². The van der Waals surface area contributed by atoms with Gasteiger partial charge >= 0.3 is 0 Å². The van der Waals surface area contributed by atoms with E-state index in [2.05, 4.69) is 0 Å². The van der Waals surface area contributed by atoms with Crippen molar-refractivity contribution in [2.75, 3.05) is 21.4 Å². The van der Waals surface area contributed by atoms with Crippen LogP contribution in [-0.2, 0) is 9.59 Å². The average Bonchev–Trinajstić information content (AvgIpc) is 3.34. The Morgan fingerprint density at radius 2 is 1.35 bits per heavy atom. The second-order valence-electron chi connectivity index (χ2n) is 7.27. The number of carbonyl (C=O) groups is 2. The van der Waals surface area contributed by atoms with Crippen LogP contribution in [-0.4, -0.2) is 28.4 Å². The lowest BCUT2D eigenvalue weighted by atomic mass is 10.2. The molecule has 31 heavy (non-hydrogen) atoms. The molecule has 0 saturated carbocycles. The smallest absolute Gasteiger partial charge is 0.276 e. The normalized spacial score (nSPS) is 20.5. The Morgan fingerprint density at radius 1 is 0.839 bits per heavy atom. The lowest BCUT2D eigenvalue weighted by molar-refractivity contribution is -0.116. The van der Waals surface area contributed by atoms with E-state index in [1.807, 2.05) is 95.9 Å². The van der Waals surface area contributed by atoms with E-state index in [0.717, 1.165) is 17.1 Å². The zero-order chi connectivity index (χ0) is 21.4. The summed E-state index contributed by atoms with van der Waals surface area (Å²) in [5, 5.41) is 5.78. The van der Waals surface area contributed by atoms with Gasteiger partial charge in [0.25, 0.3) is 11.0 Å². The molecular weight excluding hydrogens is 408 g/mol. The summed E-state index contributed by atoms with van der Waals surface area (Å²) < 4.78 is 0. The highest BCUT2D eigenvalue weighted by molar-refractivity contribution is 8.17. The van der Waals surface area contributed by atoms with Crippen LogP contribution in [0.2, 0.25) is 0 Å². The van der Waals surface area contributed by atoms with Crippen LogP contribution in [0.1, 0.15) is 6.92 Å². The van der Waals surface area contributed by atoms with Gasteiger partial charge in [0, 0.05) is 18.3 Å². The van der Waals surface area contributed by atoms with Crippen LogP contribution in [0.3, 0.4) is 0 Å². The molecule has 7 heteroatoms. The molecule has 5 rings (SSSR count). The zero-order valence-electron chi connectivity index (χ0n) is 16.9. The molecule has 2 heterocycles. The van der Waals surface area contributed by atoms with Crippen LogP contribution in [0.4, 0.5) is 17.1 Å². The maximum atomic E-state index is 13.5. The number of anilines is 3. The molecule has 1 spiro atoms. The Balaban J connectivity index is 1.76. The Bertz CT molecular complexity index is 1150. The molecule has 0 bridgehead atoms. The van der Waals surface area contributed by atoms with E-state index in [1.54, 1.807) is 9.91 Å². The summed E-state index contributed by atoms with van der Waals surface area (Å²) in [6.07, 6.45) is 0. The van der Waals surface area contributed by atoms with Gasteiger partial charge < -0.3 is 4.90 Å². The van der Waals surface area contributed by atoms with E-state index in [4.69, 9.17) is 5.10 Å². The number of hydrogen-bond donors (Lipinski definition) is 0. The molecule has 0 N–H and O–H groups in total. The first-order valence-electron chi connectivity index (χ1n) is 9.96. The summed E-state index contributed by atoms with van der Waals surface area (Å²) in [5.41, 5.74) is 2.42. The topological polar surface area (TPSA) is 56.2 Å². The van der Waals surface area contributed by atoms with E-state index in [9.17, 15) is 9.59 Å². The number of benzene rings is 3. The molecule has 1 amide bonds. The SMILES string of the molecule is CC(=O)C1=NN(c2ccccc2)C2(S1)N(c1ccccc1)CC(=O)N2c1ccccc1. The zero-order valence-corrected chi connectivity index (χ0v) is 17.7. The quantitative estimate of drug-likeness (QED) is 0.620. The second-order valence-corrected chi connectivity index (χ2v) is 8.41. The minimum atomic E-state index is -1.08. The Hall–Kier alpha value is -3.58. The molecule has 1 saturated heterocycles. The molecule has 0 radical (unpaired) electrons. The highest BCUT2D eigenvalue weighted by Crippen LogP contribution is 2.51. The molecule has 3 aromatic rings. The van der Waals surface area contributed by atoms with Gasteiger partial charge in [0.1, 0.15) is 6.54 Å². The van der Waals surface area contributed by atoms with Crippen LogP contribution in [0.25, 0.3) is 0 Å². The van der Waals surface area contributed by atoms with Gasteiger partial charge in [-0.15, -0.1) is 0 Å². The monoisotopic (exact) mass is 428 g/mol. The maximum Gasteiger partial charge on any atom is 0.276 e. The molecule has 6 nitrogen and oxygen atoms in total. The van der Waals surface area contributed by atoms with E-state index in [1.165, 1.54) is 18.7 Å². The molecule has 154 valence electrons. The van der Waals surface area contributed by atoms with Crippen molar-refractivity contribution in [3.05, 3.63) is 91.0 Å². The highest BCUT2D eigenvalue weighted by Gasteiger charge is 2.61. The van der Waals surface area contributed by atoms with Crippen molar-refractivity contribution >= 4 is 45.6 Å². The fourth-order valence-corrected chi connectivity index (χ4v) is 5.28. The largest absolute Gasteiger partial charge is 0.311 e. The third-order valence-electron chi connectivity index (χ3n) is 5.27. The first-order chi connectivity index (χ1) is 15.1. The van der Waals surface area contributed by atoms with Crippen molar-refractivity contribution in [2.45, 2.75) is 12.0 Å². The number of ketones is 1. The molecule has 0 aliphatic carbocycles. The summed E-state index contributed by atoms with van der Waals surface area (Å²) in [6, 6.07) is 28.9. The molecule has 2 aliphatic rings. The van der Waals surface area contributed by atoms with Gasteiger partial charge in [0.15, 0.2) is 10.8 Å². The number of rotatable bonds is 4. The van der Waals surface area contributed by atoms with Gasteiger partial charge in [-0.1, -0.05) is 54.6 Å². The maximum absolute atomic E-state index is 13.5. The predicted molar refractivity (Wildman–Crippen MR) is 125 cm³/mol. The van der Waals surface area contributed by atoms with Crippen molar-refractivity contribution in [3.63, 3.8) is 0 Å². The van der Waals surface area contributed by atoms with Gasteiger partial charge in [0.05, 0.1) is 5.69 Å². The number of carbonyl (C=O) groups excluding carboxylic acids is 2. The number of hydrazone groups is 1. The summed E-state index contributed by atoms with van der Waals surface area (Å²) >= 11 is 1.30. The first kappa shape index (κ1) is 19.4. The Labute approximate surface area is 184 Å². The van der Waals surface area contributed by atoms with Gasteiger partial charge in [0.2, 0.25) is 0 Å². The first-order valence-corrected chi connectivity index (χ1v) is 10.8. The predicted octanol–water partition coefficient (Wildman–Crippen LogP) is 4.31. The molecule has 1 atom stereocenters. The molecule has 1 fully saturated rings. The Kier molecular flexibility index (Phi) is 4.75. The summed E-state index contributed by atoms with van der Waals surface area (Å²) in [4.78, 5) is 29.7. The fourth-order valence-electron chi connectivity index (χ4n) is 3.95. The number of Topliss-reactive ketones (excluding diaryl/α,β-unsaturated/α-hetero) is 1. The highest BCUT2D eigenvalue weighted by atomic mass is 32.2. The van der Waals surface area contributed by atoms with Crippen LogP contribution < -0.4 is 14.8 Å². The molecular formula is C24H20N4O2S. The molecule has 3 aromatic carbocycles. The minimum Gasteiger partial charge on any atom is -0.311 e. The molecule has 1 unspecified atom stereocenters. The van der Waals surface area contributed by atoms with Crippen molar-refractivity contribution in [1.29, 1.82) is 0 Å². The molecule has 0 aromatic heterocycles. The molecule has 2 aliphatic heterocycles. The summed E-state index contributed by atoms with van der Waals surface area (Å²) in [5.74, 6) is -0.202. The third-order valence-corrected chi connectivity index (χ3v) is 6.68. The summed E-state index contributed by atoms with van der Waals surface area (Å²) in [6.45, 7) is 1.67. The second kappa shape index (κ2) is 7.59. The lowest BCUT2D eigenvalue weighted by Gasteiger charge is -2.45. The fraction of sp³-hybridized carbons (Fsp3) is 0.125. The van der Waals surface area contributed by atoms with Crippen LogP contribution >= 0.6 is 11.8 Å². The van der Waals surface area contributed by atoms with Crippen molar-refractivity contribution < 1.29 is 9.59 Å². The van der Waals surface area contributed by atoms with E-state index < -0.39 is 5.12 Å². The summed E-state index contributed by atoms with van der Waals surface area (Å²) in [7, 11) is 0. The van der Waals surface area contributed by atoms with Crippen molar-refractivity contribution in [2.24, 2.45) is 5.10 Å². The number of amides is 1. The standard InChI is InChI=1S/C24H20N4O2S/c1-18(29)23-25-28(21-15-9-4-10-16-21)24(31-23)26(19-11-5-2-6-12-19)17-22(30)27(24)20-13-7-3-8-14-20/h2-16H,17H2,1H3.